The van der Waals surface area contributed by atoms with Gasteiger partial charge in [-0.1, -0.05) is 24.3 Å². The van der Waals surface area contributed by atoms with E-state index in [1.54, 1.807) is 6.34 Å². The van der Waals surface area contributed by atoms with E-state index in [1.165, 1.54) is 0 Å². The summed E-state index contributed by atoms with van der Waals surface area (Å²) in [4.78, 5) is 26.0. The first-order chi connectivity index (χ1) is 13.6. The smallest absolute Gasteiger partial charge is 0.223 e. The first kappa shape index (κ1) is 17.0. The molecule has 8 nitrogen and oxygen atoms in total. The molecule has 8 heteroatoms. The number of nitrogens with zero attached hydrogens (tertiary/aromatic N) is 3. The number of carbonyl (C=O) groups is 1. The summed E-state index contributed by atoms with van der Waals surface area (Å²) in [7, 11) is 0. The quantitative estimate of drug-likeness (QED) is 0.582. The molecule has 2 aliphatic heterocycles. The molecule has 0 saturated heterocycles. The van der Waals surface area contributed by atoms with Crippen molar-refractivity contribution in [2.75, 3.05) is 5.32 Å². The summed E-state index contributed by atoms with van der Waals surface area (Å²) < 4.78 is 0. The van der Waals surface area contributed by atoms with Crippen molar-refractivity contribution >= 4 is 29.7 Å². The molecule has 6 atom stereocenters. The highest BCUT2D eigenvalue weighted by atomic mass is 16.1. The van der Waals surface area contributed by atoms with Crippen LogP contribution in [-0.4, -0.2) is 42.3 Å². The lowest BCUT2D eigenvalue weighted by Gasteiger charge is -2.29. The van der Waals surface area contributed by atoms with Crippen LogP contribution >= 0.6 is 0 Å². The molecule has 144 valence electrons. The van der Waals surface area contributed by atoms with Gasteiger partial charge in [-0.25, -0.2) is 9.98 Å². The zero-order valence-electron chi connectivity index (χ0n) is 15.5. The number of anilines is 1. The monoisotopic (exact) mass is 377 g/mol. The van der Waals surface area contributed by atoms with Crippen molar-refractivity contribution in [3.63, 3.8) is 0 Å². The molecule has 28 heavy (non-hydrogen) atoms. The van der Waals surface area contributed by atoms with Gasteiger partial charge in [-0.2, -0.15) is 0 Å². The normalized spacial score (nSPS) is 36.0. The summed E-state index contributed by atoms with van der Waals surface area (Å²) in [6.07, 6.45) is 6.59. The Labute approximate surface area is 163 Å². The van der Waals surface area contributed by atoms with Gasteiger partial charge >= 0.3 is 0 Å². The van der Waals surface area contributed by atoms with Crippen LogP contribution in [0.5, 0.6) is 0 Å². The van der Waals surface area contributed by atoms with Gasteiger partial charge in [0.15, 0.2) is 6.17 Å². The Morgan fingerprint density at radius 3 is 3.00 bits per heavy atom. The number of primary amides is 1. The number of nitrogens with one attached hydrogen (secondary N) is 3. The van der Waals surface area contributed by atoms with Gasteiger partial charge in [0.05, 0.1) is 18.3 Å². The predicted octanol–water partition coefficient (Wildman–Crippen LogP) is 0.767. The Morgan fingerprint density at radius 1 is 1.32 bits per heavy atom. The van der Waals surface area contributed by atoms with Crippen molar-refractivity contribution in [2.45, 2.75) is 31.6 Å². The average Bonchev–Trinajstić information content (AvgIpc) is 3.37. The minimum absolute atomic E-state index is 0.142. The Morgan fingerprint density at radius 2 is 2.18 bits per heavy atom. The number of hydrogen-bond donors (Lipinski definition) is 4. The number of aliphatic imine (C=N–C) groups is 3. The topological polar surface area (TPSA) is 116 Å². The number of hydrogen-bond acceptors (Lipinski definition) is 6. The van der Waals surface area contributed by atoms with Gasteiger partial charge in [0.1, 0.15) is 11.9 Å². The fourth-order valence-corrected chi connectivity index (χ4v) is 4.61. The fraction of sp³-hybridized carbons (Fsp3) is 0.400. The maximum Gasteiger partial charge on any atom is 0.223 e. The summed E-state index contributed by atoms with van der Waals surface area (Å²) in [5.41, 5.74) is 7.79. The molecule has 2 heterocycles. The minimum atomic E-state index is -0.284. The van der Waals surface area contributed by atoms with Crippen LogP contribution in [0.4, 0.5) is 5.69 Å². The van der Waals surface area contributed by atoms with E-state index < -0.39 is 0 Å². The van der Waals surface area contributed by atoms with Crippen LogP contribution in [0.25, 0.3) is 0 Å². The minimum Gasteiger partial charge on any atom is -0.369 e. The van der Waals surface area contributed by atoms with Gasteiger partial charge in [-0.3, -0.25) is 9.79 Å². The molecule has 1 saturated carbocycles. The van der Waals surface area contributed by atoms with Gasteiger partial charge in [-0.05, 0) is 37.0 Å². The second-order valence-corrected chi connectivity index (χ2v) is 7.81. The lowest BCUT2D eigenvalue weighted by molar-refractivity contribution is -0.122. The van der Waals surface area contributed by atoms with Gasteiger partial charge in [0.2, 0.25) is 11.9 Å². The molecule has 0 spiro atoms. The molecular formula is C20H23N7O. The lowest BCUT2D eigenvalue weighted by Crippen LogP contribution is -2.55. The van der Waals surface area contributed by atoms with Crippen molar-refractivity contribution < 1.29 is 4.79 Å². The van der Waals surface area contributed by atoms with E-state index in [0.29, 0.717) is 5.96 Å². The summed E-state index contributed by atoms with van der Waals surface area (Å²) >= 11 is 0. The first-order valence-corrected chi connectivity index (χ1v) is 9.60. The third-order valence-electron chi connectivity index (χ3n) is 5.90. The van der Waals surface area contributed by atoms with Gasteiger partial charge in [0.25, 0.3) is 0 Å². The second-order valence-electron chi connectivity index (χ2n) is 7.81. The third kappa shape index (κ3) is 2.85. The molecule has 0 radical (unpaired) electrons. The van der Waals surface area contributed by atoms with Crippen molar-refractivity contribution in [3.05, 3.63) is 42.0 Å². The van der Waals surface area contributed by atoms with Crippen molar-refractivity contribution in [3.8, 4) is 0 Å². The Hall–Kier alpha value is -3.16. The van der Waals surface area contributed by atoms with E-state index in [-0.39, 0.29) is 41.9 Å². The number of guanidine groups is 1. The van der Waals surface area contributed by atoms with Gasteiger partial charge < -0.3 is 21.7 Å². The van der Waals surface area contributed by atoms with E-state index in [1.807, 2.05) is 31.2 Å². The average molecular weight is 377 g/mol. The third-order valence-corrected chi connectivity index (χ3v) is 5.90. The van der Waals surface area contributed by atoms with E-state index in [9.17, 15) is 4.79 Å². The number of rotatable bonds is 3. The number of amidine groups is 1. The Kier molecular flexibility index (Phi) is 3.92. The molecule has 4 aliphatic rings. The maximum atomic E-state index is 12.0. The van der Waals surface area contributed by atoms with Crippen molar-refractivity contribution in [1.82, 2.24) is 10.6 Å². The number of benzene rings is 1. The molecule has 1 fully saturated rings. The predicted molar refractivity (Wildman–Crippen MR) is 109 cm³/mol. The summed E-state index contributed by atoms with van der Waals surface area (Å²) in [6.45, 7) is 2.04. The van der Waals surface area contributed by atoms with E-state index in [2.05, 4.69) is 38.1 Å². The summed E-state index contributed by atoms with van der Waals surface area (Å²) in [5, 5.41) is 9.83. The second kappa shape index (κ2) is 6.47. The number of carbonyl (C=O) groups excluding carboxylic acids is 1. The first-order valence-electron chi connectivity index (χ1n) is 9.60. The molecule has 6 unspecified atom stereocenters. The number of amides is 1. The van der Waals surface area contributed by atoms with Crippen molar-refractivity contribution in [2.24, 2.45) is 38.5 Å². The lowest BCUT2D eigenvalue weighted by atomic mass is 9.88. The molecule has 5 rings (SSSR count). The van der Waals surface area contributed by atoms with Crippen LogP contribution in [0.15, 0.2) is 51.4 Å². The van der Waals surface area contributed by atoms with E-state index in [4.69, 9.17) is 10.7 Å². The molecular weight excluding hydrogens is 354 g/mol. The van der Waals surface area contributed by atoms with Crippen molar-refractivity contribution in [1.29, 1.82) is 0 Å². The van der Waals surface area contributed by atoms with Crippen LogP contribution in [0.2, 0.25) is 0 Å². The molecule has 2 aliphatic carbocycles. The zero-order valence-corrected chi connectivity index (χ0v) is 15.5. The molecule has 2 bridgehead atoms. The number of aryl methyl sites for hydroxylation is 1. The number of nitrogens with two attached hydrogens (primary N) is 1. The largest absolute Gasteiger partial charge is 0.369 e. The van der Waals surface area contributed by atoms with Crippen LogP contribution in [0, 0.1) is 24.7 Å². The Bertz CT molecular complexity index is 934. The van der Waals surface area contributed by atoms with Crippen LogP contribution < -0.4 is 21.7 Å². The highest BCUT2D eigenvalue weighted by Gasteiger charge is 2.48. The number of fused-ring (bicyclic) bond motifs is 3. The maximum absolute atomic E-state index is 12.0. The molecule has 1 aromatic rings. The summed E-state index contributed by atoms with van der Waals surface area (Å²) in [5.74, 6) is 1.26. The number of allylic oxidation sites excluding steroid dienone is 1. The van der Waals surface area contributed by atoms with Crippen LogP contribution in [-0.2, 0) is 4.79 Å². The van der Waals surface area contributed by atoms with Crippen LogP contribution in [0.3, 0.4) is 0 Å². The van der Waals surface area contributed by atoms with Gasteiger partial charge in [0, 0.05) is 11.6 Å². The molecule has 1 amide bonds. The van der Waals surface area contributed by atoms with E-state index >= 15 is 0 Å². The highest BCUT2D eigenvalue weighted by molar-refractivity contribution is 6.10. The standard InChI is InChI=1S/C20H23N7O/c1-10-3-2-4-13(7-10)24-20-26-18-16(22-9-23-18)19(27-20)25-15-12-6-5-11(8-12)14(15)17(21)28/h2-7,9,11-12,14-16,18H,8H2,1H3,(H2,21,28)(H,22,23)(H2,24,25,26,27). The summed E-state index contributed by atoms with van der Waals surface area (Å²) in [6, 6.07) is 7.78. The van der Waals surface area contributed by atoms with Crippen LogP contribution in [0.1, 0.15) is 12.0 Å². The molecule has 0 aromatic heterocycles. The molecule has 1 aromatic carbocycles. The molecule has 5 N–H and O–H groups in total. The van der Waals surface area contributed by atoms with E-state index in [0.717, 1.165) is 23.5 Å². The Balaban J connectivity index is 1.43. The zero-order chi connectivity index (χ0) is 19.3. The SMILES string of the molecule is Cc1cccc(NC2=NC3N=CNC3C(=NC3C4C=CC(C4)C3C(N)=O)N2)c1. The van der Waals surface area contributed by atoms with Gasteiger partial charge in [-0.15, -0.1) is 0 Å². The fourth-order valence-electron chi connectivity index (χ4n) is 4.61. The highest BCUT2D eigenvalue weighted by Crippen LogP contribution is 2.45.